The van der Waals surface area contributed by atoms with E-state index >= 15 is 0 Å². The summed E-state index contributed by atoms with van der Waals surface area (Å²) in [5, 5.41) is 3.30. The molecule has 2 aliphatic rings. The minimum Gasteiger partial charge on any atom is -0.372 e. The standard InChI is InChI=1S/C7H14N2O/c8-6-3-7(10-4-6)1-2-9-5-7/h6,9H,1-5,8H2. The number of nitrogens with two attached hydrogens (primary N) is 1. The molecule has 2 heterocycles. The molecule has 0 amide bonds. The number of ether oxygens (including phenoxy) is 1. The fraction of sp³-hybridized carbons (Fsp3) is 1.00. The summed E-state index contributed by atoms with van der Waals surface area (Å²) in [7, 11) is 0. The second-order valence-electron chi connectivity index (χ2n) is 3.38. The zero-order chi connectivity index (χ0) is 7.03. The van der Waals surface area contributed by atoms with E-state index in [2.05, 4.69) is 5.32 Å². The van der Waals surface area contributed by atoms with Crippen LogP contribution in [0.1, 0.15) is 12.8 Å². The molecule has 0 radical (unpaired) electrons. The molecular weight excluding hydrogens is 128 g/mol. The molecule has 2 unspecified atom stereocenters. The average molecular weight is 142 g/mol. The van der Waals surface area contributed by atoms with E-state index in [1.807, 2.05) is 0 Å². The van der Waals surface area contributed by atoms with Crippen LogP contribution in [0.15, 0.2) is 0 Å². The Labute approximate surface area is 60.9 Å². The summed E-state index contributed by atoms with van der Waals surface area (Å²) in [6, 6.07) is 0.278. The molecule has 0 saturated carbocycles. The van der Waals surface area contributed by atoms with Gasteiger partial charge in [0.05, 0.1) is 12.2 Å². The van der Waals surface area contributed by atoms with E-state index in [0.29, 0.717) is 0 Å². The van der Waals surface area contributed by atoms with Gasteiger partial charge in [-0.1, -0.05) is 0 Å². The molecule has 58 valence electrons. The summed E-state index contributed by atoms with van der Waals surface area (Å²) < 4.78 is 5.63. The third kappa shape index (κ3) is 0.944. The van der Waals surface area contributed by atoms with E-state index in [1.165, 1.54) is 0 Å². The Balaban J connectivity index is 2.03. The van der Waals surface area contributed by atoms with E-state index in [4.69, 9.17) is 10.5 Å². The SMILES string of the molecule is NC1COC2(CCNC2)C1. The molecule has 0 aromatic heterocycles. The van der Waals surface area contributed by atoms with Crippen LogP contribution >= 0.6 is 0 Å². The summed E-state index contributed by atoms with van der Waals surface area (Å²) in [5.74, 6) is 0. The molecule has 3 nitrogen and oxygen atoms in total. The molecule has 3 N–H and O–H groups in total. The zero-order valence-corrected chi connectivity index (χ0v) is 6.10. The van der Waals surface area contributed by atoms with Crippen LogP contribution in [0.2, 0.25) is 0 Å². The van der Waals surface area contributed by atoms with Gasteiger partial charge >= 0.3 is 0 Å². The predicted molar refractivity (Wildman–Crippen MR) is 38.8 cm³/mol. The molecule has 0 aliphatic carbocycles. The normalized spacial score (nSPS) is 47.1. The van der Waals surface area contributed by atoms with Crippen molar-refractivity contribution < 1.29 is 4.74 Å². The second-order valence-corrected chi connectivity index (χ2v) is 3.38. The van der Waals surface area contributed by atoms with Crippen LogP contribution in [0.25, 0.3) is 0 Å². The Morgan fingerprint density at radius 1 is 1.60 bits per heavy atom. The number of rotatable bonds is 0. The van der Waals surface area contributed by atoms with Gasteiger partial charge in [-0.25, -0.2) is 0 Å². The van der Waals surface area contributed by atoms with Crippen molar-refractivity contribution in [2.45, 2.75) is 24.5 Å². The van der Waals surface area contributed by atoms with Crippen molar-refractivity contribution in [2.75, 3.05) is 19.7 Å². The summed E-state index contributed by atoms with van der Waals surface area (Å²) in [6.07, 6.45) is 2.18. The van der Waals surface area contributed by atoms with Crippen LogP contribution in [0.5, 0.6) is 0 Å². The summed E-state index contributed by atoms with van der Waals surface area (Å²) in [6.45, 7) is 2.84. The second kappa shape index (κ2) is 2.19. The Morgan fingerprint density at radius 3 is 3.00 bits per heavy atom. The van der Waals surface area contributed by atoms with Gasteiger partial charge in [0.25, 0.3) is 0 Å². The van der Waals surface area contributed by atoms with Crippen molar-refractivity contribution in [1.82, 2.24) is 5.32 Å². The number of hydrogen-bond donors (Lipinski definition) is 2. The van der Waals surface area contributed by atoms with Crippen molar-refractivity contribution in [1.29, 1.82) is 0 Å². The lowest BCUT2D eigenvalue weighted by molar-refractivity contribution is 0.0213. The molecule has 1 spiro atoms. The van der Waals surface area contributed by atoms with Gasteiger partial charge in [-0.05, 0) is 19.4 Å². The minimum atomic E-state index is 0.124. The maximum absolute atomic E-state index is 5.74. The number of nitrogens with one attached hydrogen (secondary N) is 1. The minimum absolute atomic E-state index is 0.124. The smallest absolute Gasteiger partial charge is 0.0834 e. The van der Waals surface area contributed by atoms with Crippen molar-refractivity contribution in [3.63, 3.8) is 0 Å². The first-order valence-electron chi connectivity index (χ1n) is 3.91. The molecule has 3 heteroatoms. The van der Waals surface area contributed by atoms with E-state index < -0.39 is 0 Å². The van der Waals surface area contributed by atoms with Gasteiger partial charge in [0.15, 0.2) is 0 Å². The first kappa shape index (κ1) is 6.58. The fourth-order valence-electron chi connectivity index (χ4n) is 1.90. The molecule has 0 bridgehead atoms. The lowest BCUT2D eigenvalue weighted by atomic mass is 9.98. The van der Waals surface area contributed by atoms with Crippen LogP contribution in [0.3, 0.4) is 0 Å². The van der Waals surface area contributed by atoms with Gasteiger partial charge in [0.2, 0.25) is 0 Å². The maximum atomic E-state index is 5.74. The van der Waals surface area contributed by atoms with E-state index in [1.54, 1.807) is 0 Å². The van der Waals surface area contributed by atoms with Gasteiger partial charge in [0.1, 0.15) is 0 Å². The Kier molecular flexibility index (Phi) is 1.44. The van der Waals surface area contributed by atoms with Crippen LogP contribution in [0, 0.1) is 0 Å². The van der Waals surface area contributed by atoms with Crippen molar-refractivity contribution >= 4 is 0 Å². The molecule has 0 aromatic carbocycles. The van der Waals surface area contributed by atoms with E-state index in [9.17, 15) is 0 Å². The Bertz CT molecular complexity index is 132. The third-order valence-electron chi connectivity index (χ3n) is 2.44. The van der Waals surface area contributed by atoms with Crippen LogP contribution < -0.4 is 11.1 Å². The summed E-state index contributed by atoms with van der Waals surface area (Å²) in [4.78, 5) is 0. The Morgan fingerprint density at radius 2 is 2.50 bits per heavy atom. The summed E-state index contributed by atoms with van der Waals surface area (Å²) >= 11 is 0. The lowest BCUT2D eigenvalue weighted by Crippen LogP contribution is -2.31. The lowest BCUT2D eigenvalue weighted by Gasteiger charge is -2.19. The molecule has 0 aromatic rings. The van der Waals surface area contributed by atoms with E-state index in [-0.39, 0.29) is 11.6 Å². The van der Waals surface area contributed by atoms with Crippen molar-refractivity contribution in [2.24, 2.45) is 5.73 Å². The molecule has 2 rings (SSSR count). The highest BCUT2D eigenvalue weighted by atomic mass is 16.5. The zero-order valence-electron chi connectivity index (χ0n) is 6.10. The largest absolute Gasteiger partial charge is 0.372 e. The van der Waals surface area contributed by atoms with Gasteiger partial charge in [-0.3, -0.25) is 0 Å². The van der Waals surface area contributed by atoms with Crippen LogP contribution in [0.4, 0.5) is 0 Å². The third-order valence-corrected chi connectivity index (χ3v) is 2.44. The van der Waals surface area contributed by atoms with Gasteiger partial charge in [-0.2, -0.15) is 0 Å². The highest BCUT2D eigenvalue weighted by molar-refractivity contribution is 4.96. The maximum Gasteiger partial charge on any atom is 0.0834 e. The van der Waals surface area contributed by atoms with Crippen molar-refractivity contribution in [3.8, 4) is 0 Å². The number of hydrogen-bond acceptors (Lipinski definition) is 3. The fourth-order valence-corrected chi connectivity index (χ4v) is 1.90. The molecule has 2 fully saturated rings. The first-order valence-corrected chi connectivity index (χ1v) is 3.91. The van der Waals surface area contributed by atoms with E-state index in [0.717, 1.165) is 32.5 Å². The molecule has 2 saturated heterocycles. The topological polar surface area (TPSA) is 47.3 Å². The molecule has 2 atom stereocenters. The monoisotopic (exact) mass is 142 g/mol. The highest BCUT2D eigenvalue weighted by Crippen LogP contribution is 2.30. The Hall–Kier alpha value is -0.120. The first-order chi connectivity index (χ1) is 4.81. The predicted octanol–water partition coefficient (Wildman–Crippen LogP) is -0.534. The summed E-state index contributed by atoms with van der Waals surface area (Å²) in [5.41, 5.74) is 5.86. The van der Waals surface area contributed by atoms with Crippen LogP contribution in [-0.2, 0) is 4.74 Å². The highest BCUT2D eigenvalue weighted by Gasteiger charge is 2.41. The van der Waals surface area contributed by atoms with Gasteiger partial charge < -0.3 is 15.8 Å². The van der Waals surface area contributed by atoms with Crippen LogP contribution in [-0.4, -0.2) is 31.3 Å². The molecule has 10 heavy (non-hydrogen) atoms. The van der Waals surface area contributed by atoms with Gasteiger partial charge in [0, 0.05) is 12.6 Å². The van der Waals surface area contributed by atoms with Crippen molar-refractivity contribution in [3.05, 3.63) is 0 Å². The molecular formula is C7H14N2O. The average Bonchev–Trinajstić information content (AvgIpc) is 2.46. The molecule has 2 aliphatic heterocycles. The van der Waals surface area contributed by atoms with Gasteiger partial charge in [-0.15, -0.1) is 0 Å². The quantitative estimate of drug-likeness (QED) is 0.478.